The normalized spacial score (nSPS) is 12.7. The van der Waals surface area contributed by atoms with E-state index in [1.807, 2.05) is 6.92 Å². The molecule has 136 valence electrons. The summed E-state index contributed by atoms with van der Waals surface area (Å²) < 4.78 is 0. The first kappa shape index (κ1) is 18.3. The first-order chi connectivity index (χ1) is 13.0. The van der Waals surface area contributed by atoms with Gasteiger partial charge in [0, 0.05) is 13.1 Å². The Hall–Kier alpha value is -3.46. The van der Waals surface area contributed by atoms with Crippen LogP contribution in [0, 0.1) is 11.3 Å². The SMILES string of the molecule is CCCN(Cc1ccc(C#N)cc1)C(=O)CN1C(=O)c2ccccc2C1=O. The third-order valence-electron chi connectivity index (χ3n) is 4.47. The average molecular weight is 361 g/mol. The predicted molar refractivity (Wildman–Crippen MR) is 98.7 cm³/mol. The van der Waals surface area contributed by atoms with E-state index in [2.05, 4.69) is 6.07 Å². The van der Waals surface area contributed by atoms with Crippen LogP contribution in [-0.4, -0.2) is 40.6 Å². The van der Waals surface area contributed by atoms with Crippen LogP contribution in [0.4, 0.5) is 0 Å². The maximum Gasteiger partial charge on any atom is 0.262 e. The topological polar surface area (TPSA) is 81.5 Å². The van der Waals surface area contributed by atoms with Crippen molar-refractivity contribution >= 4 is 17.7 Å². The first-order valence-corrected chi connectivity index (χ1v) is 8.77. The second-order valence-electron chi connectivity index (χ2n) is 6.37. The van der Waals surface area contributed by atoms with Gasteiger partial charge >= 0.3 is 0 Å². The molecule has 3 rings (SSSR count). The van der Waals surface area contributed by atoms with E-state index in [0.29, 0.717) is 29.8 Å². The molecule has 3 amide bonds. The van der Waals surface area contributed by atoms with Crippen molar-refractivity contribution in [2.24, 2.45) is 0 Å². The number of benzene rings is 2. The van der Waals surface area contributed by atoms with Crippen LogP contribution in [0.5, 0.6) is 0 Å². The molecule has 1 heterocycles. The highest BCUT2D eigenvalue weighted by atomic mass is 16.2. The molecule has 0 saturated heterocycles. The summed E-state index contributed by atoms with van der Waals surface area (Å²) in [6, 6.07) is 15.7. The van der Waals surface area contributed by atoms with E-state index < -0.39 is 11.8 Å². The van der Waals surface area contributed by atoms with Crippen molar-refractivity contribution in [3.63, 3.8) is 0 Å². The summed E-state index contributed by atoms with van der Waals surface area (Å²) in [5.41, 5.74) is 2.12. The molecule has 27 heavy (non-hydrogen) atoms. The highest BCUT2D eigenvalue weighted by Gasteiger charge is 2.36. The molecule has 1 aliphatic heterocycles. The van der Waals surface area contributed by atoms with Gasteiger partial charge in [-0.1, -0.05) is 31.2 Å². The van der Waals surface area contributed by atoms with E-state index in [1.165, 1.54) is 0 Å². The molecule has 0 atom stereocenters. The second-order valence-corrected chi connectivity index (χ2v) is 6.37. The lowest BCUT2D eigenvalue weighted by atomic mass is 10.1. The number of rotatable bonds is 6. The highest BCUT2D eigenvalue weighted by Crippen LogP contribution is 2.22. The molecular formula is C21H19N3O3. The maximum absolute atomic E-state index is 12.8. The summed E-state index contributed by atoms with van der Waals surface area (Å²) in [4.78, 5) is 40.3. The van der Waals surface area contributed by atoms with E-state index in [-0.39, 0.29) is 12.5 Å². The zero-order valence-electron chi connectivity index (χ0n) is 15.0. The van der Waals surface area contributed by atoms with Gasteiger partial charge in [0.1, 0.15) is 6.54 Å². The first-order valence-electron chi connectivity index (χ1n) is 8.77. The van der Waals surface area contributed by atoms with E-state index in [1.54, 1.807) is 53.4 Å². The summed E-state index contributed by atoms with van der Waals surface area (Å²) in [5.74, 6) is -1.15. The number of amides is 3. The van der Waals surface area contributed by atoms with Crippen LogP contribution >= 0.6 is 0 Å². The van der Waals surface area contributed by atoms with Crippen molar-refractivity contribution in [1.29, 1.82) is 5.26 Å². The molecule has 0 saturated carbocycles. The summed E-state index contributed by atoms with van der Waals surface area (Å²) in [6.07, 6.45) is 0.754. The van der Waals surface area contributed by atoms with E-state index in [9.17, 15) is 14.4 Å². The number of nitriles is 1. The second kappa shape index (κ2) is 7.83. The highest BCUT2D eigenvalue weighted by molar-refractivity contribution is 6.22. The predicted octanol–water partition coefficient (Wildman–Crippen LogP) is 2.59. The van der Waals surface area contributed by atoms with Gasteiger partial charge in [-0.15, -0.1) is 0 Å². The molecule has 2 aromatic carbocycles. The van der Waals surface area contributed by atoms with Gasteiger partial charge in [0.05, 0.1) is 22.8 Å². The minimum Gasteiger partial charge on any atom is -0.337 e. The van der Waals surface area contributed by atoms with Crippen molar-refractivity contribution < 1.29 is 14.4 Å². The van der Waals surface area contributed by atoms with Crippen molar-refractivity contribution in [2.45, 2.75) is 19.9 Å². The van der Waals surface area contributed by atoms with Crippen molar-refractivity contribution in [2.75, 3.05) is 13.1 Å². The Balaban J connectivity index is 1.73. The average Bonchev–Trinajstić information content (AvgIpc) is 2.93. The van der Waals surface area contributed by atoms with Gasteiger partial charge in [-0.3, -0.25) is 19.3 Å². The Morgan fingerprint density at radius 1 is 1.04 bits per heavy atom. The number of hydrogen-bond acceptors (Lipinski definition) is 4. The molecule has 1 aliphatic rings. The van der Waals surface area contributed by atoms with Crippen LogP contribution in [0.15, 0.2) is 48.5 Å². The molecule has 0 spiro atoms. The lowest BCUT2D eigenvalue weighted by Gasteiger charge is -2.24. The molecule has 0 unspecified atom stereocenters. The minimum absolute atomic E-state index is 0.275. The fourth-order valence-electron chi connectivity index (χ4n) is 3.08. The van der Waals surface area contributed by atoms with Crippen LogP contribution in [0.1, 0.15) is 45.2 Å². The van der Waals surface area contributed by atoms with Crippen LogP contribution in [0.2, 0.25) is 0 Å². The molecule has 6 nitrogen and oxygen atoms in total. The largest absolute Gasteiger partial charge is 0.337 e. The maximum atomic E-state index is 12.8. The Bertz CT molecular complexity index is 893. The fraction of sp³-hybridized carbons (Fsp3) is 0.238. The quantitative estimate of drug-likeness (QED) is 0.741. The minimum atomic E-state index is -0.432. The van der Waals surface area contributed by atoms with Gasteiger partial charge in [0.25, 0.3) is 11.8 Å². The number of fused-ring (bicyclic) bond motifs is 1. The molecule has 0 aliphatic carbocycles. The molecule has 0 N–H and O–H groups in total. The Labute approximate surface area is 157 Å². The number of imide groups is 1. The van der Waals surface area contributed by atoms with Gasteiger partial charge in [-0.05, 0) is 36.2 Å². The van der Waals surface area contributed by atoms with Crippen molar-refractivity contribution in [3.8, 4) is 6.07 Å². The smallest absolute Gasteiger partial charge is 0.262 e. The molecule has 0 radical (unpaired) electrons. The van der Waals surface area contributed by atoms with Gasteiger partial charge in [0.2, 0.25) is 5.91 Å². The van der Waals surface area contributed by atoms with Crippen LogP contribution in [-0.2, 0) is 11.3 Å². The van der Waals surface area contributed by atoms with E-state index >= 15 is 0 Å². The van der Waals surface area contributed by atoms with Gasteiger partial charge in [0.15, 0.2) is 0 Å². The number of nitrogens with zero attached hydrogens (tertiary/aromatic N) is 3. The molecule has 0 aromatic heterocycles. The molecule has 2 aromatic rings. The molecular weight excluding hydrogens is 342 g/mol. The lowest BCUT2D eigenvalue weighted by Crippen LogP contribution is -2.42. The van der Waals surface area contributed by atoms with Crippen LogP contribution in [0.25, 0.3) is 0 Å². The van der Waals surface area contributed by atoms with Gasteiger partial charge < -0.3 is 4.90 Å². The van der Waals surface area contributed by atoms with Gasteiger partial charge in [-0.25, -0.2) is 0 Å². The van der Waals surface area contributed by atoms with Crippen molar-refractivity contribution in [3.05, 3.63) is 70.8 Å². The number of hydrogen-bond donors (Lipinski definition) is 0. The van der Waals surface area contributed by atoms with Crippen LogP contribution in [0.3, 0.4) is 0 Å². The molecule has 0 bridgehead atoms. The summed E-state index contributed by atoms with van der Waals surface area (Å²) in [6.45, 7) is 2.56. The Morgan fingerprint density at radius 2 is 1.63 bits per heavy atom. The lowest BCUT2D eigenvalue weighted by molar-refractivity contribution is -0.132. The van der Waals surface area contributed by atoms with Crippen LogP contribution < -0.4 is 0 Å². The Morgan fingerprint density at radius 3 is 2.15 bits per heavy atom. The third kappa shape index (κ3) is 3.72. The molecule has 6 heteroatoms. The zero-order valence-corrected chi connectivity index (χ0v) is 15.0. The summed E-state index contributed by atoms with van der Waals surface area (Å²) >= 11 is 0. The van der Waals surface area contributed by atoms with Gasteiger partial charge in [-0.2, -0.15) is 5.26 Å². The monoisotopic (exact) mass is 361 g/mol. The standard InChI is InChI=1S/C21H19N3O3/c1-2-11-23(13-16-9-7-15(12-22)8-10-16)19(25)14-24-20(26)17-5-3-4-6-18(17)21(24)27/h3-10H,2,11,13-14H2,1H3. The zero-order chi connectivity index (χ0) is 19.4. The van der Waals surface area contributed by atoms with Crippen molar-refractivity contribution in [1.82, 2.24) is 9.80 Å². The number of carbonyl (C=O) groups is 3. The number of carbonyl (C=O) groups excluding carboxylic acids is 3. The molecule has 0 fully saturated rings. The van der Waals surface area contributed by atoms with E-state index in [4.69, 9.17) is 5.26 Å². The van der Waals surface area contributed by atoms with E-state index in [0.717, 1.165) is 16.9 Å². The fourth-order valence-corrected chi connectivity index (χ4v) is 3.08. The summed E-state index contributed by atoms with van der Waals surface area (Å²) in [5, 5.41) is 8.88. The third-order valence-corrected chi connectivity index (χ3v) is 4.47. The summed E-state index contributed by atoms with van der Waals surface area (Å²) in [7, 11) is 0. The Kier molecular flexibility index (Phi) is 5.32.